The zero-order valence-electron chi connectivity index (χ0n) is 13.1. The van der Waals surface area contributed by atoms with E-state index in [4.69, 9.17) is 11.6 Å². The van der Waals surface area contributed by atoms with Crippen LogP contribution in [-0.2, 0) is 6.54 Å². The average Bonchev–Trinajstić information content (AvgIpc) is 2.54. The van der Waals surface area contributed by atoms with Crippen LogP contribution in [-0.4, -0.2) is 24.0 Å². The largest absolute Gasteiger partial charge is 0.382 e. The molecule has 3 heteroatoms. The first kappa shape index (κ1) is 15.4. The maximum atomic E-state index is 6.25. The third-order valence-corrected chi connectivity index (χ3v) is 4.73. The van der Waals surface area contributed by atoms with Gasteiger partial charge in [-0.2, -0.15) is 0 Å². The van der Waals surface area contributed by atoms with Crippen LogP contribution < -0.4 is 5.32 Å². The van der Waals surface area contributed by atoms with Crippen molar-refractivity contribution in [3.63, 3.8) is 0 Å². The minimum atomic E-state index is 0.574. The molecule has 22 heavy (non-hydrogen) atoms. The van der Waals surface area contributed by atoms with E-state index in [0.29, 0.717) is 6.04 Å². The monoisotopic (exact) mass is 314 g/mol. The first-order valence-corrected chi connectivity index (χ1v) is 8.37. The van der Waals surface area contributed by atoms with E-state index in [1.165, 1.54) is 29.7 Å². The molecule has 2 aromatic carbocycles. The van der Waals surface area contributed by atoms with E-state index in [0.717, 1.165) is 24.7 Å². The zero-order chi connectivity index (χ0) is 15.4. The summed E-state index contributed by atoms with van der Waals surface area (Å²) >= 11 is 6.25. The van der Waals surface area contributed by atoms with Gasteiger partial charge in [0.15, 0.2) is 0 Å². The number of piperidine rings is 1. The highest BCUT2D eigenvalue weighted by Gasteiger charge is 2.19. The van der Waals surface area contributed by atoms with Crippen molar-refractivity contribution in [2.75, 3.05) is 18.4 Å². The molecule has 0 aliphatic carbocycles. The third-order valence-electron chi connectivity index (χ3n) is 4.36. The van der Waals surface area contributed by atoms with Crippen LogP contribution in [0.1, 0.15) is 24.0 Å². The molecular formula is C19H23ClN2. The Bertz CT molecular complexity index is 601. The number of halogens is 1. The van der Waals surface area contributed by atoms with Crippen molar-refractivity contribution in [1.82, 2.24) is 4.90 Å². The topological polar surface area (TPSA) is 15.3 Å². The smallest absolute Gasteiger partial charge is 0.0451 e. The average molecular weight is 315 g/mol. The summed E-state index contributed by atoms with van der Waals surface area (Å²) in [6.07, 6.45) is 2.36. The van der Waals surface area contributed by atoms with Gasteiger partial charge < -0.3 is 5.32 Å². The first-order chi connectivity index (χ1) is 10.7. The fourth-order valence-electron chi connectivity index (χ4n) is 2.99. The molecule has 3 rings (SSSR count). The lowest BCUT2D eigenvalue weighted by Crippen LogP contribution is -2.38. The second-order valence-corrected chi connectivity index (χ2v) is 6.56. The molecular weight excluding hydrogens is 292 g/mol. The molecule has 1 aliphatic heterocycles. The molecule has 116 valence electrons. The fraction of sp³-hybridized carbons (Fsp3) is 0.368. The first-order valence-electron chi connectivity index (χ1n) is 8.00. The zero-order valence-corrected chi connectivity index (χ0v) is 13.8. The molecule has 0 atom stereocenters. The van der Waals surface area contributed by atoms with Crippen LogP contribution in [0.5, 0.6) is 0 Å². The van der Waals surface area contributed by atoms with E-state index >= 15 is 0 Å². The molecule has 1 aliphatic rings. The second kappa shape index (κ2) is 7.17. The summed E-state index contributed by atoms with van der Waals surface area (Å²) in [5, 5.41) is 4.53. The Labute approximate surface area is 138 Å². The van der Waals surface area contributed by atoms with Crippen molar-refractivity contribution in [3.05, 3.63) is 64.7 Å². The van der Waals surface area contributed by atoms with E-state index in [1.54, 1.807) is 0 Å². The van der Waals surface area contributed by atoms with Crippen molar-refractivity contribution in [3.8, 4) is 0 Å². The van der Waals surface area contributed by atoms with Crippen molar-refractivity contribution >= 4 is 17.3 Å². The van der Waals surface area contributed by atoms with Gasteiger partial charge in [-0.3, -0.25) is 4.90 Å². The third kappa shape index (κ3) is 4.02. The van der Waals surface area contributed by atoms with E-state index in [1.807, 2.05) is 12.1 Å². The van der Waals surface area contributed by atoms with Crippen molar-refractivity contribution in [2.45, 2.75) is 32.4 Å². The molecule has 1 heterocycles. The van der Waals surface area contributed by atoms with Crippen LogP contribution in [0.2, 0.25) is 5.02 Å². The molecule has 0 spiro atoms. The Kier molecular flexibility index (Phi) is 5.01. The summed E-state index contributed by atoms with van der Waals surface area (Å²) < 4.78 is 0. The van der Waals surface area contributed by atoms with Crippen molar-refractivity contribution < 1.29 is 0 Å². The van der Waals surface area contributed by atoms with Crippen LogP contribution in [0.15, 0.2) is 48.5 Å². The summed E-state index contributed by atoms with van der Waals surface area (Å²) in [6.45, 7) is 5.32. The normalized spacial score (nSPS) is 16.6. The molecule has 0 unspecified atom stereocenters. The number of nitrogens with zero attached hydrogens (tertiary/aromatic N) is 1. The highest BCUT2D eigenvalue weighted by molar-refractivity contribution is 6.31. The fourth-order valence-corrected chi connectivity index (χ4v) is 3.18. The van der Waals surface area contributed by atoms with E-state index < -0.39 is 0 Å². The van der Waals surface area contributed by atoms with Gasteiger partial charge in [-0.1, -0.05) is 47.5 Å². The van der Waals surface area contributed by atoms with E-state index in [2.05, 4.69) is 53.5 Å². The number of hydrogen-bond donors (Lipinski definition) is 1. The number of benzene rings is 2. The summed E-state index contributed by atoms with van der Waals surface area (Å²) in [7, 11) is 0. The lowest BCUT2D eigenvalue weighted by Gasteiger charge is -2.33. The molecule has 1 saturated heterocycles. The van der Waals surface area contributed by atoms with Crippen LogP contribution in [0.3, 0.4) is 0 Å². The molecule has 0 bridgehead atoms. The molecule has 1 fully saturated rings. The van der Waals surface area contributed by atoms with Gasteiger partial charge in [0.05, 0.1) is 0 Å². The van der Waals surface area contributed by atoms with Gasteiger partial charge in [0.2, 0.25) is 0 Å². The second-order valence-electron chi connectivity index (χ2n) is 6.15. The molecule has 0 amide bonds. The van der Waals surface area contributed by atoms with Crippen molar-refractivity contribution in [1.29, 1.82) is 0 Å². The van der Waals surface area contributed by atoms with Gasteiger partial charge in [-0.05, 0) is 43.5 Å². The maximum Gasteiger partial charge on any atom is 0.0451 e. The Hall–Kier alpha value is -1.51. The molecule has 0 radical (unpaired) electrons. The minimum absolute atomic E-state index is 0.574. The standard InChI is InChI=1S/C19H23ClN2/c1-15-6-8-17(9-7-15)21-18-10-12-22(13-11-18)14-16-4-2-3-5-19(16)20/h2-9,18,21H,10-14H2,1H3. The summed E-state index contributed by atoms with van der Waals surface area (Å²) in [5.74, 6) is 0. The van der Waals surface area contributed by atoms with E-state index in [-0.39, 0.29) is 0 Å². The molecule has 0 saturated carbocycles. The van der Waals surface area contributed by atoms with Gasteiger partial charge >= 0.3 is 0 Å². The highest BCUT2D eigenvalue weighted by atomic mass is 35.5. The highest BCUT2D eigenvalue weighted by Crippen LogP contribution is 2.21. The van der Waals surface area contributed by atoms with Crippen molar-refractivity contribution in [2.24, 2.45) is 0 Å². The molecule has 2 aromatic rings. The van der Waals surface area contributed by atoms with Crippen LogP contribution in [0, 0.1) is 6.92 Å². The SMILES string of the molecule is Cc1ccc(NC2CCN(Cc3ccccc3Cl)CC2)cc1. The molecule has 2 nitrogen and oxygen atoms in total. The summed E-state index contributed by atoms with van der Waals surface area (Å²) in [6, 6.07) is 17.4. The summed E-state index contributed by atoms with van der Waals surface area (Å²) in [5.41, 5.74) is 3.77. The van der Waals surface area contributed by atoms with Crippen LogP contribution >= 0.6 is 11.6 Å². The van der Waals surface area contributed by atoms with Gasteiger partial charge in [-0.25, -0.2) is 0 Å². The predicted molar refractivity (Wildman–Crippen MR) is 94.6 cm³/mol. The number of aryl methyl sites for hydroxylation is 1. The number of hydrogen-bond acceptors (Lipinski definition) is 2. The summed E-state index contributed by atoms with van der Waals surface area (Å²) in [4.78, 5) is 2.49. The van der Waals surface area contributed by atoms with Crippen LogP contribution in [0.4, 0.5) is 5.69 Å². The minimum Gasteiger partial charge on any atom is -0.382 e. The number of anilines is 1. The molecule has 1 N–H and O–H groups in total. The number of nitrogens with one attached hydrogen (secondary N) is 1. The van der Waals surface area contributed by atoms with Gasteiger partial charge in [0.1, 0.15) is 0 Å². The van der Waals surface area contributed by atoms with Gasteiger partial charge in [-0.15, -0.1) is 0 Å². The van der Waals surface area contributed by atoms with Gasteiger partial charge in [0.25, 0.3) is 0 Å². The lowest BCUT2D eigenvalue weighted by molar-refractivity contribution is 0.211. The lowest BCUT2D eigenvalue weighted by atomic mass is 10.0. The van der Waals surface area contributed by atoms with Gasteiger partial charge in [0, 0.05) is 36.4 Å². The Morgan fingerprint density at radius 1 is 1.05 bits per heavy atom. The number of rotatable bonds is 4. The van der Waals surface area contributed by atoms with Crippen LogP contribution in [0.25, 0.3) is 0 Å². The quantitative estimate of drug-likeness (QED) is 0.878. The molecule has 0 aromatic heterocycles. The predicted octanol–water partition coefficient (Wildman–Crippen LogP) is 4.72. The Morgan fingerprint density at radius 3 is 2.41 bits per heavy atom. The maximum absolute atomic E-state index is 6.25. The Balaban J connectivity index is 1.50. The van der Waals surface area contributed by atoms with E-state index in [9.17, 15) is 0 Å². The Morgan fingerprint density at radius 2 is 1.73 bits per heavy atom. The number of likely N-dealkylation sites (tertiary alicyclic amines) is 1.